The zero-order chi connectivity index (χ0) is 10.1. The van der Waals surface area contributed by atoms with Crippen LogP contribution in [0.1, 0.15) is 39.5 Å². The van der Waals surface area contributed by atoms with Crippen LogP contribution in [0.15, 0.2) is 0 Å². The molecule has 0 heterocycles. The highest BCUT2D eigenvalue weighted by atomic mass is 16.5. The van der Waals surface area contributed by atoms with E-state index in [-0.39, 0.29) is 0 Å². The van der Waals surface area contributed by atoms with Crippen molar-refractivity contribution in [2.75, 3.05) is 20.8 Å². The highest BCUT2D eigenvalue weighted by Crippen LogP contribution is 2.13. The molecule has 0 saturated heterocycles. The largest absolute Gasteiger partial charge is 0.385 e. The van der Waals surface area contributed by atoms with Crippen LogP contribution in [0.25, 0.3) is 0 Å². The van der Waals surface area contributed by atoms with Gasteiger partial charge in [-0.3, -0.25) is 0 Å². The van der Waals surface area contributed by atoms with E-state index in [0.717, 1.165) is 12.5 Å². The minimum absolute atomic E-state index is 0.650. The molecule has 0 saturated carbocycles. The molecule has 13 heavy (non-hydrogen) atoms. The van der Waals surface area contributed by atoms with Crippen molar-refractivity contribution in [2.24, 2.45) is 5.92 Å². The Bertz CT molecular complexity index is 106. The third kappa shape index (κ3) is 8.26. The van der Waals surface area contributed by atoms with Crippen molar-refractivity contribution >= 4 is 0 Å². The molecule has 0 aromatic heterocycles. The summed E-state index contributed by atoms with van der Waals surface area (Å²) in [6.45, 7) is 5.49. The summed E-state index contributed by atoms with van der Waals surface area (Å²) in [6, 6.07) is 0.650. The summed E-state index contributed by atoms with van der Waals surface area (Å²) in [6.07, 6.45) is 5.11. The maximum atomic E-state index is 5.01. The average molecular weight is 187 g/mol. The molecule has 0 aliphatic heterocycles. The van der Waals surface area contributed by atoms with Gasteiger partial charge in [-0.05, 0) is 32.7 Å². The fraction of sp³-hybridized carbons (Fsp3) is 1.00. The second-order valence-electron chi connectivity index (χ2n) is 4.02. The van der Waals surface area contributed by atoms with Gasteiger partial charge in [-0.15, -0.1) is 0 Å². The van der Waals surface area contributed by atoms with E-state index >= 15 is 0 Å². The van der Waals surface area contributed by atoms with Crippen LogP contribution in [0.3, 0.4) is 0 Å². The van der Waals surface area contributed by atoms with Crippen LogP contribution < -0.4 is 5.32 Å². The number of rotatable bonds is 8. The van der Waals surface area contributed by atoms with E-state index in [1.54, 1.807) is 7.11 Å². The minimum atomic E-state index is 0.650. The van der Waals surface area contributed by atoms with Gasteiger partial charge in [0, 0.05) is 19.8 Å². The summed E-state index contributed by atoms with van der Waals surface area (Å²) in [5, 5.41) is 3.27. The molecule has 0 radical (unpaired) electrons. The first kappa shape index (κ1) is 12.9. The second kappa shape index (κ2) is 8.52. The zero-order valence-corrected chi connectivity index (χ0v) is 9.60. The zero-order valence-electron chi connectivity index (χ0n) is 9.60. The van der Waals surface area contributed by atoms with Gasteiger partial charge in [0.05, 0.1) is 0 Å². The molecule has 2 heteroatoms. The Kier molecular flexibility index (Phi) is 8.46. The molecule has 2 unspecified atom stereocenters. The SMILES string of the molecule is CNC(C)CC(C)CCCCOC. The van der Waals surface area contributed by atoms with E-state index in [4.69, 9.17) is 4.74 Å². The van der Waals surface area contributed by atoms with Crippen molar-refractivity contribution < 1.29 is 4.74 Å². The molecule has 0 bridgehead atoms. The molecule has 0 spiro atoms. The van der Waals surface area contributed by atoms with Crippen LogP contribution in [0.5, 0.6) is 0 Å². The number of ether oxygens (including phenoxy) is 1. The Labute approximate surface area is 83.1 Å². The Morgan fingerprint density at radius 2 is 1.92 bits per heavy atom. The predicted molar refractivity (Wildman–Crippen MR) is 58.0 cm³/mol. The lowest BCUT2D eigenvalue weighted by Crippen LogP contribution is -2.23. The number of nitrogens with one attached hydrogen (secondary N) is 1. The molecule has 0 rings (SSSR count). The number of hydrogen-bond acceptors (Lipinski definition) is 2. The highest BCUT2D eigenvalue weighted by molar-refractivity contribution is 4.62. The van der Waals surface area contributed by atoms with Crippen LogP contribution in [0, 0.1) is 5.92 Å². The standard InChI is InChI=1S/C11H25NO/c1-10(9-11(2)12-3)7-5-6-8-13-4/h10-12H,5-9H2,1-4H3. The van der Waals surface area contributed by atoms with Gasteiger partial charge in [-0.25, -0.2) is 0 Å². The van der Waals surface area contributed by atoms with Gasteiger partial charge in [-0.1, -0.05) is 19.8 Å². The lowest BCUT2D eigenvalue weighted by molar-refractivity contribution is 0.190. The van der Waals surface area contributed by atoms with Crippen LogP contribution >= 0.6 is 0 Å². The van der Waals surface area contributed by atoms with E-state index in [2.05, 4.69) is 19.2 Å². The van der Waals surface area contributed by atoms with Gasteiger partial charge in [0.1, 0.15) is 0 Å². The van der Waals surface area contributed by atoms with Gasteiger partial charge in [0.25, 0.3) is 0 Å². The Balaban J connectivity index is 3.24. The predicted octanol–water partition coefficient (Wildman–Crippen LogP) is 2.44. The molecule has 1 N–H and O–H groups in total. The summed E-state index contributed by atoms with van der Waals surface area (Å²) in [5.41, 5.74) is 0. The van der Waals surface area contributed by atoms with Crippen molar-refractivity contribution in [3.8, 4) is 0 Å². The second-order valence-corrected chi connectivity index (χ2v) is 4.02. The molecular formula is C11H25NO. The van der Waals surface area contributed by atoms with Gasteiger partial charge in [-0.2, -0.15) is 0 Å². The third-order valence-corrected chi connectivity index (χ3v) is 2.54. The highest BCUT2D eigenvalue weighted by Gasteiger charge is 2.06. The Hall–Kier alpha value is -0.0800. The normalized spacial score (nSPS) is 15.7. The maximum Gasteiger partial charge on any atom is 0.0462 e. The van der Waals surface area contributed by atoms with E-state index < -0.39 is 0 Å². The molecule has 0 aliphatic rings. The monoisotopic (exact) mass is 187 g/mol. The van der Waals surface area contributed by atoms with E-state index in [1.165, 1.54) is 25.7 Å². The van der Waals surface area contributed by atoms with E-state index in [9.17, 15) is 0 Å². The molecule has 0 aromatic carbocycles. The summed E-state index contributed by atoms with van der Waals surface area (Å²) in [5.74, 6) is 0.833. The quantitative estimate of drug-likeness (QED) is 0.589. The van der Waals surface area contributed by atoms with Gasteiger partial charge in [0.2, 0.25) is 0 Å². The smallest absolute Gasteiger partial charge is 0.0462 e. The van der Waals surface area contributed by atoms with Crippen LogP contribution in [0.4, 0.5) is 0 Å². The van der Waals surface area contributed by atoms with Crippen LogP contribution in [-0.2, 0) is 4.74 Å². The van der Waals surface area contributed by atoms with Gasteiger partial charge >= 0.3 is 0 Å². The molecular weight excluding hydrogens is 162 g/mol. The first-order valence-electron chi connectivity index (χ1n) is 5.37. The fourth-order valence-corrected chi connectivity index (χ4v) is 1.58. The molecule has 0 aliphatic carbocycles. The number of unbranched alkanes of at least 4 members (excludes halogenated alkanes) is 1. The maximum absolute atomic E-state index is 5.01. The molecule has 2 nitrogen and oxygen atoms in total. The lowest BCUT2D eigenvalue weighted by atomic mass is 9.97. The summed E-state index contributed by atoms with van der Waals surface area (Å²) in [4.78, 5) is 0. The van der Waals surface area contributed by atoms with Crippen molar-refractivity contribution in [1.82, 2.24) is 5.32 Å². The fourth-order valence-electron chi connectivity index (χ4n) is 1.58. The van der Waals surface area contributed by atoms with Crippen molar-refractivity contribution in [1.29, 1.82) is 0 Å². The molecule has 80 valence electrons. The Morgan fingerprint density at radius 1 is 1.23 bits per heavy atom. The minimum Gasteiger partial charge on any atom is -0.385 e. The molecule has 2 atom stereocenters. The number of methoxy groups -OCH3 is 1. The Morgan fingerprint density at radius 3 is 2.46 bits per heavy atom. The van der Waals surface area contributed by atoms with Crippen LogP contribution in [0.2, 0.25) is 0 Å². The van der Waals surface area contributed by atoms with Crippen molar-refractivity contribution in [3.63, 3.8) is 0 Å². The molecule has 0 fully saturated rings. The molecule has 0 amide bonds. The summed E-state index contributed by atoms with van der Waals surface area (Å²) in [7, 11) is 3.80. The first-order chi connectivity index (χ1) is 6.20. The van der Waals surface area contributed by atoms with Crippen LogP contribution in [-0.4, -0.2) is 26.8 Å². The summed E-state index contributed by atoms with van der Waals surface area (Å²) < 4.78 is 5.01. The summed E-state index contributed by atoms with van der Waals surface area (Å²) >= 11 is 0. The average Bonchev–Trinajstić information content (AvgIpc) is 2.12. The first-order valence-corrected chi connectivity index (χ1v) is 5.37. The van der Waals surface area contributed by atoms with Gasteiger partial charge < -0.3 is 10.1 Å². The van der Waals surface area contributed by atoms with Crippen molar-refractivity contribution in [2.45, 2.75) is 45.6 Å². The number of hydrogen-bond donors (Lipinski definition) is 1. The molecule has 0 aromatic rings. The van der Waals surface area contributed by atoms with Crippen molar-refractivity contribution in [3.05, 3.63) is 0 Å². The van der Waals surface area contributed by atoms with E-state index in [0.29, 0.717) is 6.04 Å². The third-order valence-electron chi connectivity index (χ3n) is 2.54. The van der Waals surface area contributed by atoms with E-state index in [1.807, 2.05) is 7.05 Å². The van der Waals surface area contributed by atoms with Gasteiger partial charge in [0.15, 0.2) is 0 Å². The topological polar surface area (TPSA) is 21.3 Å². The lowest BCUT2D eigenvalue weighted by Gasteiger charge is -2.16.